The van der Waals surface area contributed by atoms with E-state index in [9.17, 15) is 0 Å². The molecule has 0 amide bonds. The van der Waals surface area contributed by atoms with E-state index in [-0.39, 0.29) is 0 Å². The second-order valence-electron chi connectivity index (χ2n) is 5.04. The van der Waals surface area contributed by atoms with Crippen molar-refractivity contribution in [3.05, 3.63) is 45.9 Å². The molecule has 20 heavy (non-hydrogen) atoms. The number of benzene rings is 1. The first-order chi connectivity index (χ1) is 9.69. The second-order valence-corrected chi connectivity index (χ2v) is 6.25. The molecule has 1 aromatic carbocycles. The third kappa shape index (κ3) is 4.50. The predicted octanol–water partition coefficient (Wildman–Crippen LogP) is 5.02. The van der Waals surface area contributed by atoms with Crippen LogP contribution in [0.4, 0.5) is 0 Å². The number of hydrogen-bond acceptors (Lipinski definition) is 3. The van der Waals surface area contributed by atoms with Crippen molar-refractivity contribution in [1.82, 2.24) is 4.98 Å². The fourth-order valence-corrected chi connectivity index (χ4v) is 2.96. The van der Waals surface area contributed by atoms with Gasteiger partial charge in [0, 0.05) is 11.8 Å². The highest BCUT2D eigenvalue weighted by atomic mass is 35.5. The van der Waals surface area contributed by atoms with Gasteiger partial charge in [-0.25, -0.2) is 4.98 Å². The number of halogens is 1. The summed E-state index contributed by atoms with van der Waals surface area (Å²) in [4.78, 5) is 4.44. The Morgan fingerprint density at radius 3 is 2.60 bits per heavy atom. The lowest BCUT2D eigenvalue weighted by Gasteiger charge is -2.08. The molecule has 0 aliphatic rings. The van der Waals surface area contributed by atoms with Crippen LogP contribution < -0.4 is 4.74 Å². The van der Waals surface area contributed by atoms with Gasteiger partial charge < -0.3 is 4.74 Å². The van der Waals surface area contributed by atoms with Gasteiger partial charge in [0.05, 0.1) is 23.2 Å². The van der Waals surface area contributed by atoms with Crippen LogP contribution in [0.2, 0.25) is 0 Å². The van der Waals surface area contributed by atoms with Crippen molar-refractivity contribution in [3.8, 4) is 5.75 Å². The molecular formula is C16H20ClNOS. The summed E-state index contributed by atoms with van der Waals surface area (Å²) in [7, 11) is 0. The van der Waals surface area contributed by atoms with Gasteiger partial charge in [-0.2, -0.15) is 0 Å². The fraction of sp³-hybridized carbons (Fsp3) is 0.438. The van der Waals surface area contributed by atoms with Crippen molar-refractivity contribution < 1.29 is 4.74 Å². The van der Waals surface area contributed by atoms with E-state index in [1.165, 1.54) is 5.56 Å². The minimum absolute atomic E-state index is 0.495. The monoisotopic (exact) mass is 309 g/mol. The summed E-state index contributed by atoms with van der Waals surface area (Å²) in [5.41, 5.74) is 2.31. The first kappa shape index (κ1) is 15.3. The SMILES string of the molecule is CC(C)c1ccc(OCCCc2nc(CCl)cs2)cc1. The first-order valence-corrected chi connectivity index (χ1v) is 8.32. The summed E-state index contributed by atoms with van der Waals surface area (Å²) in [5, 5.41) is 3.16. The van der Waals surface area contributed by atoms with E-state index in [0.29, 0.717) is 11.8 Å². The van der Waals surface area contributed by atoms with Gasteiger partial charge in [0.2, 0.25) is 0 Å². The van der Waals surface area contributed by atoms with Gasteiger partial charge >= 0.3 is 0 Å². The summed E-state index contributed by atoms with van der Waals surface area (Å²) < 4.78 is 5.75. The fourth-order valence-electron chi connectivity index (χ4n) is 1.89. The summed E-state index contributed by atoms with van der Waals surface area (Å²) in [5.74, 6) is 2.00. The standard InChI is InChI=1S/C16H20ClNOS/c1-12(2)13-5-7-15(8-6-13)19-9-3-4-16-18-14(10-17)11-20-16/h5-8,11-12H,3-4,9-10H2,1-2H3. The quantitative estimate of drug-likeness (QED) is 0.529. The Hall–Kier alpha value is -1.06. The number of aryl methyl sites for hydroxylation is 1. The topological polar surface area (TPSA) is 22.1 Å². The minimum Gasteiger partial charge on any atom is -0.494 e. The van der Waals surface area contributed by atoms with Crippen molar-refractivity contribution in [2.45, 2.75) is 38.5 Å². The van der Waals surface area contributed by atoms with Crippen molar-refractivity contribution in [2.24, 2.45) is 0 Å². The van der Waals surface area contributed by atoms with E-state index in [1.54, 1.807) is 11.3 Å². The molecule has 0 spiro atoms. The molecule has 0 N–H and O–H groups in total. The Labute approximate surface area is 129 Å². The van der Waals surface area contributed by atoms with Crippen molar-refractivity contribution in [2.75, 3.05) is 6.61 Å². The largest absolute Gasteiger partial charge is 0.494 e. The number of thiazole rings is 1. The van der Waals surface area contributed by atoms with Crippen LogP contribution in [0.25, 0.3) is 0 Å². The highest BCUT2D eigenvalue weighted by molar-refractivity contribution is 7.09. The van der Waals surface area contributed by atoms with Crippen LogP contribution in [0.15, 0.2) is 29.6 Å². The highest BCUT2D eigenvalue weighted by Crippen LogP contribution is 2.19. The molecule has 1 aromatic heterocycles. The molecule has 0 saturated heterocycles. The second kappa shape index (κ2) is 7.65. The molecule has 2 aromatic rings. The van der Waals surface area contributed by atoms with Crippen LogP contribution in [0.3, 0.4) is 0 Å². The van der Waals surface area contributed by atoms with Crippen LogP contribution in [0, 0.1) is 0 Å². The zero-order valence-corrected chi connectivity index (χ0v) is 13.5. The number of nitrogens with zero attached hydrogens (tertiary/aromatic N) is 1. The Balaban J connectivity index is 1.72. The molecule has 0 aliphatic carbocycles. The van der Waals surface area contributed by atoms with Crippen LogP contribution in [0.1, 0.15) is 42.5 Å². The molecule has 2 rings (SSSR count). The van der Waals surface area contributed by atoms with Crippen LogP contribution in [-0.4, -0.2) is 11.6 Å². The maximum atomic E-state index is 5.75. The van der Waals surface area contributed by atoms with Crippen molar-refractivity contribution >= 4 is 22.9 Å². The molecule has 0 bridgehead atoms. The van der Waals surface area contributed by atoms with E-state index in [2.05, 4.69) is 31.0 Å². The summed E-state index contributed by atoms with van der Waals surface area (Å²) in [6, 6.07) is 8.36. The van der Waals surface area contributed by atoms with E-state index < -0.39 is 0 Å². The van der Waals surface area contributed by atoms with Gasteiger partial charge in [-0.1, -0.05) is 26.0 Å². The highest BCUT2D eigenvalue weighted by Gasteiger charge is 2.02. The molecule has 0 unspecified atom stereocenters. The maximum absolute atomic E-state index is 5.75. The zero-order chi connectivity index (χ0) is 14.4. The Morgan fingerprint density at radius 1 is 1.25 bits per heavy atom. The van der Waals surface area contributed by atoms with Crippen LogP contribution >= 0.6 is 22.9 Å². The molecule has 4 heteroatoms. The van der Waals surface area contributed by atoms with Crippen LogP contribution in [0.5, 0.6) is 5.75 Å². The smallest absolute Gasteiger partial charge is 0.119 e. The molecule has 108 valence electrons. The van der Waals surface area contributed by atoms with Gasteiger partial charge in [0.1, 0.15) is 5.75 Å². The third-order valence-electron chi connectivity index (χ3n) is 3.09. The summed E-state index contributed by atoms with van der Waals surface area (Å²) >= 11 is 7.41. The molecular weight excluding hydrogens is 290 g/mol. The van der Waals surface area contributed by atoms with E-state index in [4.69, 9.17) is 16.3 Å². The molecule has 2 nitrogen and oxygen atoms in total. The molecule has 0 atom stereocenters. The predicted molar refractivity (Wildman–Crippen MR) is 86.0 cm³/mol. The Morgan fingerprint density at radius 2 is 2.00 bits per heavy atom. The Kier molecular flexibility index (Phi) is 5.86. The molecule has 0 aliphatic heterocycles. The van der Waals surface area contributed by atoms with Crippen molar-refractivity contribution in [3.63, 3.8) is 0 Å². The number of alkyl halides is 1. The Bertz CT molecular complexity index is 522. The molecule has 0 saturated carbocycles. The maximum Gasteiger partial charge on any atom is 0.119 e. The number of rotatable bonds is 7. The van der Waals surface area contributed by atoms with Gasteiger partial charge in [-0.15, -0.1) is 22.9 Å². The lowest BCUT2D eigenvalue weighted by Crippen LogP contribution is -1.99. The minimum atomic E-state index is 0.495. The number of hydrogen-bond donors (Lipinski definition) is 0. The van der Waals surface area contributed by atoms with Gasteiger partial charge in [-0.05, 0) is 30.0 Å². The normalized spacial score (nSPS) is 11.0. The summed E-state index contributed by atoms with van der Waals surface area (Å²) in [6.45, 7) is 5.11. The van der Waals surface area contributed by atoms with E-state index in [1.807, 2.05) is 17.5 Å². The van der Waals surface area contributed by atoms with Crippen LogP contribution in [-0.2, 0) is 12.3 Å². The molecule has 0 fully saturated rings. The number of aromatic nitrogens is 1. The number of ether oxygens (including phenoxy) is 1. The first-order valence-electron chi connectivity index (χ1n) is 6.91. The summed E-state index contributed by atoms with van der Waals surface area (Å²) in [6.07, 6.45) is 1.92. The van der Waals surface area contributed by atoms with Gasteiger partial charge in [0.25, 0.3) is 0 Å². The van der Waals surface area contributed by atoms with Gasteiger partial charge in [0.15, 0.2) is 0 Å². The van der Waals surface area contributed by atoms with Gasteiger partial charge in [-0.3, -0.25) is 0 Å². The zero-order valence-electron chi connectivity index (χ0n) is 11.9. The average Bonchev–Trinajstić information content (AvgIpc) is 2.92. The third-order valence-corrected chi connectivity index (χ3v) is 4.32. The lowest BCUT2D eigenvalue weighted by molar-refractivity contribution is 0.311. The van der Waals surface area contributed by atoms with E-state index >= 15 is 0 Å². The van der Waals surface area contributed by atoms with Crippen molar-refractivity contribution in [1.29, 1.82) is 0 Å². The molecule has 0 radical (unpaired) electrons. The lowest BCUT2D eigenvalue weighted by atomic mass is 10.0. The molecule has 1 heterocycles. The van der Waals surface area contributed by atoms with E-state index in [0.717, 1.165) is 35.9 Å². The average molecular weight is 310 g/mol.